The second-order valence-corrected chi connectivity index (χ2v) is 7.41. The fraction of sp³-hybridized carbons (Fsp3) is 1.00. The predicted molar refractivity (Wildman–Crippen MR) is 80.0 cm³/mol. The highest BCUT2D eigenvalue weighted by Gasteiger charge is 2.45. The van der Waals surface area contributed by atoms with Gasteiger partial charge in [0, 0.05) is 24.0 Å². The fourth-order valence-electron chi connectivity index (χ4n) is 3.78. The summed E-state index contributed by atoms with van der Waals surface area (Å²) in [6.45, 7) is 5.28. The minimum Gasteiger partial charge on any atom is -0.389 e. The Hall–Kier alpha value is -0.120. The van der Waals surface area contributed by atoms with E-state index in [1.807, 2.05) is 0 Å². The molecule has 2 unspecified atom stereocenters. The largest absolute Gasteiger partial charge is 0.389 e. The fourth-order valence-corrected chi connectivity index (χ4v) is 3.78. The lowest BCUT2D eigenvalue weighted by Crippen LogP contribution is -2.53. The van der Waals surface area contributed by atoms with Gasteiger partial charge in [-0.25, -0.2) is 0 Å². The van der Waals surface area contributed by atoms with E-state index in [9.17, 15) is 5.11 Å². The molecule has 19 heavy (non-hydrogen) atoms. The number of hydrogen-bond acceptors (Lipinski definition) is 3. The number of hydrogen-bond donors (Lipinski definition) is 3. The van der Waals surface area contributed by atoms with Crippen LogP contribution in [-0.4, -0.2) is 29.3 Å². The lowest BCUT2D eigenvalue weighted by atomic mass is 9.73. The summed E-state index contributed by atoms with van der Waals surface area (Å²) in [5.74, 6) is 0. The van der Waals surface area contributed by atoms with Crippen LogP contribution < -0.4 is 11.1 Å². The first-order chi connectivity index (χ1) is 8.95. The second-order valence-electron chi connectivity index (χ2n) is 7.41. The van der Waals surface area contributed by atoms with Crippen LogP contribution in [0.4, 0.5) is 0 Å². The molecule has 112 valence electrons. The zero-order valence-corrected chi connectivity index (χ0v) is 12.8. The Labute approximate surface area is 118 Å². The van der Waals surface area contributed by atoms with Crippen LogP contribution in [0.25, 0.3) is 0 Å². The highest BCUT2D eigenvalue weighted by molar-refractivity contribution is 4.98. The van der Waals surface area contributed by atoms with Crippen molar-refractivity contribution in [2.24, 2.45) is 11.1 Å². The minimum atomic E-state index is -0.477. The molecule has 3 heteroatoms. The molecule has 2 fully saturated rings. The van der Waals surface area contributed by atoms with E-state index in [0.717, 1.165) is 25.8 Å². The summed E-state index contributed by atoms with van der Waals surface area (Å²) in [6, 6.07) is 0.725. The molecule has 2 saturated carbocycles. The van der Waals surface area contributed by atoms with Crippen molar-refractivity contribution in [2.45, 2.75) is 89.3 Å². The summed E-state index contributed by atoms with van der Waals surface area (Å²) in [5, 5.41) is 14.5. The average Bonchev–Trinajstić information content (AvgIpc) is 2.71. The Morgan fingerprint density at radius 3 is 2.42 bits per heavy atom. The Bertz CT molecular complexity index is 284. The minimum absolute atomic E-state index is 0.0600. The third-order valence-corrected chi connectivity index (χ3v) is 5.57. The maximum Gasteiger partial charge on any atom is 0.0710 e. The summed E-state index contributed by atoms with van der Waals surface area (Å²) < 4.78 is 0. The van der Waals surface area contributed by atoms with Crippen molar-refractivity contribution >= 4 is 0 Å². The van der Waals surface area contributed by atoms with Gasteiger partial charge in [0.25, 0.3) is 0 Å². The topological polar surface area (TPSA) is 58.3 Å². The molecular formula is C16H32N2O. The monoisotopic (exact) mass is 268 g/mol. The van der Waals surface area contributed by atoms with Crippen LogP contribution in [-0.2, 0) is 0 Å². The Kier molecular flexibility index (Phi) is 4.91. The van der Waals surface area contributed by atoms with Crippen LogP contribution in [0, 0.1) is 5.41 Å². The third kappa shape index (κ3) is 3.50. The lowest BCUT2D eigenvalue weighted by Gasteiger charge is -2.41. The van der Waals surface area contributed by atoms with E-state index in [-0.39, 0.29) is 11.5 Å². The van der Waals surface area contributed by atoms with Gasteiger partial charge in [-0.3, -0.25) is 0 Å². The highest BCUT2D eigenvalue weighted by atomic mass is 16.3. The molecule has 2 atom stereocenters. The molecule has 2 aliphatic rings. The third-order valence-electron chi connectivity index (χ3n) is 5.57. The maximum atomic E-state index is 10.8. The molecule has 2 rings (SSSR count). The van der Waals surface area contributed by atoms with E-state index < -0.39 is 5.60 Å². The van der Waals surface area contributed by atoms with Crippen molar-refractivity contribution in [3.63, 3.8) is 0 Å². The molecule has 2 aliphatic carbocycles. The van der Waals surface area contributed by atoms with Gasteiger partial charge in [-0.15, -0.1) is 0 Å². The molecule has 0 heterocycles. The number of rotatable bonds is 4. The van der Waals surface area contributed by atoms with E-state index in [1.54, 1.807) is 0 Å². The smallest absolute Gasteiger partial charge is 0.0710 e. The van der Waals surface area contributed by atoms with Crippen molar-refractivity contribution in [3.05, 3.63) is 0 Å². The van der Waals surface area contributed by atoms with Gasteiger partial charge in [-0.1, -0.05) is 46.0 Å². The van der Waals surface area contributed by atoms with Crippen LogP contribution in [0.15, 0.2) is 0 Å². The molecule has 0 aromatic heterocycles. The van der Waals surface area contributed by atoms with Gasteiger partial charge in [-0.05, 0) is 25.7 Å². The molecule has 0 aromatic rings. The van der Waals surface area contributed by atoms with E-state index in [0.29, 0.717) is 6.04 Å². The molecule has 0 saturated heterocycles. The quantitative estimate of drug-likeness (QED) is 0.687. The molecule has 0 radical (unpaired) electrons. The first-order valence-electron chi connectivity index (χ1n) is 8.16. The Morgan fingerprint density at radius 2 is 1.74 bits per heavy atom. The summed E-state index contributed by atoms with van der Waals surface area (Å²) in [7, 11) is 0. The van der Waals surface area contributed by atoms with Gasteiger partial charge in [0.1, 0.15) is 0 Å². The molecule has 3 nitrogen and oxygen atoms in total. The maximum absolute atomic E-state index is 10.8. The van der Waals surface area contributed by atoms with Crippen LogP contribution >= 0.6 is 0 Å². The highest BCUT2D eigenvalue weighted by Crippen LogP contribution is 2.43. The van der Waals surface area contributed by atoms with Gasteiger partial charge < -0.3 is 16.2 Å². The number of nitrogens with two attached hydrogens (primary N) is 1. The summed E-state index contributed by atoms with van der Waals surface area (Å²) in [4.78, 5) is 0. The van der Waals surface area contributed by atoms with Gasteiger partial charge in [-0.2, -0.15) is 0 Å². The molecule has 0 aliphatic heterocycles. The van der Waals surface area contributed by atoms with Crippen molar-refractivity contribution in [1.82, 2.24) is 5.32 Å². The van der Waals surface area contributed by atoms with E-state index in [2.05, 4.69) is 19.2 Å². The van der Waals surface area contributed by atoms with Crippen molar-refractivity contribution < 1.29 is 5.11 Å². The van der Waals surface area contributed by atoms with E-state index >= 15 is 0 Å². The Morgan fingerprint density at radius 1 is 1.11 bits per heavy atom. The normalized spacial score (nSPS) is 32.2. The van der Waals surface area contributed by atoms with E-state index in [4.69, 9.17) is 5.73 Å². The summed E-state index contributed by atoms with van der Waals surface area (Å²) >= 11 is 0. The molecule has 0 amide bonds. The predicted octanol–water partition coefficient (Wildman–Crippen LogP) is 2.57. The van der Waals surface area contributed by atoms with Gasteiger partial charge in [0.15, 0.2) is 0 Å². The number of nitrogens with one attached hydrogen (secondary N) is 1. The van der Waals surface area contributed by atoms with Crippen molar-refractivity contribution in [1.29, 1.82) is 0 Å². The van der Waals surface area contributed by atoms with Crippen LogP contribution in [0.2, 0.25) is 0 Å². The molecule has 0 spiro atoms. The van der Waals surface area contributed by atoms with Crippen molar-refractivity contribution in [2.75, 3.05) is 6.54 Å². The standard InChI is InChI=1S/C16H32N2O/c1-15(2,16(19)10-6-7-11-16)12-18-14-9-5-3-4-8-13(14)17/h13-14,18-19H,3-12,17H2,1-2H3. The van der Waals surface area contributed by atoms with Crippen LogP contribution in [0.5, 0.6) is 0 Å². The second kappa shape index (κ2) is 6.11. The summed E-state index contributed by atoms with van der Waals surface area (Å²) in [6.07, 6.45) is 10.5. The first-order valence-corrected chi connectivity index (χ1v) is 8.16. The van der Waals surface area contributed by atoms with Crippen LogP contribution in [0.3, 0.4) is 0 Å². The van der Waals surface area contributed by atoms with Gasteiger partial charge in [0.05, 0.1) is 5.60 Å². The molecule has 0 aromatic carbocycles. The number of aliphatic hydroxyl groups is 1. The Balaban J connectivity index is 1.89. The molecular weight excluding hydrogens is 236 g/mol. The SMILES string of the molecule is CC(C)(CNC1CCCCCC1N)C1(O)CCCC1. The van der Waals surface area contributed by atoms with Crippen molar-refractivity contribution in [3.8, 4) is 0 Å². The first kappa shape index (κ1) is 15.3. The van der Waals surface area contributed by atoms with Crippen LogP contribution in [0.1, 0.15) is 71.6 Å². The van der Waals surface area contributed by atoms with Gasteiger partial charge >= 0.3 is 0 Å². The zero-order chi connectivity index (χ0) is 13.9. The van der Waals surface area contributed by atoms with E-state index in [1.165, 1.54) is 38.5 Å². The summed E-state index contributed by atoms with van der Waals surface area (Å²) in [5.41, 5.74) is 5.73. The van der Waals surface area contributed by atoms with Gasteiger partial charge in [0.2, 0.25) is 0 Å². The average molecular weight is 268 g/mol. The zero-order valence-electron chi connectivity index (χ0n) is 12.8. The lowest BCUT2D eigenvalue weighted by molar-refractivity contribution is -0.0614. The molecule has 0 bridgehead atoms. The molecule has 4 N–H and O–H groups in total.